The summed E-state index contributed by atoms with van der Waals surface area (Å²) in [6.07, 6.45) is 8.76. The van der Waals surface area contributed by atoms with Crippen LogP contribution in [0.3, 0.4) is 0 Å². The molecule has 2 saturated heterocycles. The maximum atomic E-state index is 15.3. The molecular formula is C25H27FN6O2. The Bertz CT molecular complexity index is 1190. The van der Waals surface area contributed by atoms with Crippen LogP contribution in [0.4, 0.5) is 10.2 Å². The first kappa shape index (κ1) is 21.2. The van der Waals surface area contributed by atoms with Crippen LogP contribution in [-0.2, 0) is 0 Å². The van der Waals surface area contributed by atoms with Crippen molar-refractivity contribution in [2.45, 2.75) is 62.4 Å². The Morgan fingerprint density at radius 1 is 1.03 bits per heavy atom. The number of nitrogens with zero attached hydrogens (tertiary/aromatic N) is 5. The summed E-state index contributed by atoms with van der Waals surface area (Å²) in [6, 6.07) is 7.51. The highest BCUT2D eigenvalue weighted by Crippen LogP contribution is 2.40. The van der Waals surface area contributed by atoms with E-state index in [1.807, 2.05) is 6.07 Å². The van der Waals surface area contributed by atoms with Crippen molar-refractivity contribution in [1.29, 1.82) is 0 Å². The molecular weight excluding hydrogens is 435 g/mol. The number of aromatic hydroxyl groups is 1. The zero-order valence-corrected chi connectivity index (χ0v) is 18.9. The maximum Gasteiger partial charge on any atom is 0.216 e. The highest BCUT2D eigenvalue weighted by molar-refractivity contribution is 5.73. The Morgan fingerprint density at radius 3 is 2.65 bits per heavy atom. The number of methoxy groups -OCH3 is 1. The number of piperidine rings is 1. The van der Waals surface area contributed by atoms with Gasteiger partial charge in [-0.15, -0.1) is 0 Å². The molecule has 6 rings (SSSR count). The molecule has 4 atom stereocenters. The van der Waals surface area contributed by atoms with Crippen molar-refractivity contribution in [3.05, 3.63) is 43.0 Å². The molecule has 2 N–H and O–H groups in total. The average molecular weight is 463 g/mol. The third-order valence-electron chi connectivity index (χ3n) is 7.17. The minimum absolute atomic E-state index is 0.0532. The first-order chi connectivity index (χ1) is 16.6. The van der Waals surface area contributed by atoms with E-state index in [-0.39, 0.29) is 17.8 Å². The largest absolute Gasteiger partial charge is 0.507 e. The van der Waals surface area contributed by atoms with Gasteiger partial charge in [0, 0.05) is 35.3 Å². The summed E-state index contributed by atoms with van der Waals surface area (Å²) in [5.74, 6) is 1.24. The minimum atomic E-state index is -0.905. The van der Waals surface area contributed by atoms with Crippen LogP contribution in [0.1, 0.15) is 32.1 Å². The van der Waals surface area contributed by atoms with E-state index in [0.717, 1.165) is 37.7 Å². The SMILES string of the molecule is COc1cc(-c2ccc(-c3cnc(N(C4CC4)[C@@H]4CC5CCC(N5)[C@@H]4F)cn3)c(O)c2)ncn1. The van der Waals surface area contributed by atoms with Gasteiger partial charge in [-0.1, -0.05) is 6.07 Å². The van der Waals surface area contributed by atoms with Gasteiger partial charge in [-0.25, -0.2) is 19.3 Å². The van der Waals surface area contributed by atoms with Crippen LogP contribution in [0, 0.1) is 0 Å². The van der Waals surface area contributed by atoms with Crippen LogP contribution in [0.5, 0.6) is 11.6 Å². The van der Waals surface area contributed by atoms with Crippen molar-refractivity contribution >= 4 is 5.82 Å². The van der Waals surface area contributed by atoms with Gasteiger partial charge in [0.15, 0.2) is 0 Å². The molecule has 1 saturated carbocycles. The number of fused-ring (bicyclic) bond motifs is 2. The first-order valence-electron chi connectivity index (χ1n) is 11.8. The van der Waals surface area contributed by atoms with Gasteiger partial charge in [-0.05, 0) is 44.2 Å². The van der Waals surface area contributed by atoms with E-state index in [4.69, 9.17) is 4.74 Å². The van der Waals surface area contributed by atoms with Crippen molar-refractivity contribution in [1.82, 2.24) is 25.3 Å². The molecule has 8 nitrogen and oxygen atoms in total. The fourth-order valence-corrected chi connectivity index (χ4v) is 5.33. The van der Waals surface area contributed by atoms with Crippen molar-refractivity contribution in [2.75, 3.05) is 12.0 Å². The third kappa shape index (κ3) is 3.83. The summed E-state index contributed by atoms with van der Waals surface area (Å²) >= 11 is 0. The lowest BCUT2D eigenvalue weighted by Gasteiger charge is -2.41. The number of ether oxygens (including phenoxy) is 1. The van der Waals surface area contributed by atoms with Gasteiger partial charge in [0.1, 0.15) is 24.1 Å². The molecule has 4 heterocycles. The molecule has 1 aromatic carbocycles. The van der Waals surface area contributed by atoms with Gasteiger partial charge in [0.2, 0.25) is 5.88 Å². The predicted octanol–water partition coefficient (Wildman–Crippen LogP) is 3.51. The van der Waals surface area contributed by atoms with Gasteiger partial charge in [-0.2, -0.15) is 0 Å². The molecule has 2 bridgehead atoms. The molecule has 34 heavy (non-hydrogen) atoms. The molecule has 0 radical (unpaired) electrons. The van der Waals surface area contributed by atoms with Crippen molar-refractivity contribution in [3.63, 3.8) is 0 Å². The summed E-state index contributed by atoms with van der Waals surface area (Å²) in [5.41, 5.74) is 2.52. The Kier molecular flexibility index (Phi) is 5.28. The van der Waals surface area contributed by atoms with Gasteiger partial charge in [0.25, 0.3) is 0 Å². The molecule has 1 aliphatic carbocycles. The molecule has 3 aliphatic rings. The van der Waals surface area contributed by atoms with Crippen molar-refractivity contribution < 1.29 is 14.2 Å². The number of alkyl halides is 1. The molecule has 176 valence electrons. The lowest BCUT2D eigenvalue weighted by atomic mass is 9.96. The molecule has 0 amide bonds. The molecule has 2 aromatic heterocycles. The molecule has 9 heteroatoms. The number of aromatic nitrogens is 4. The highest BCUT2D eigenvalue weighted by Gasteiger charge is 2.48. The Morgan fingerprint density at radius 2 is 1.91 bits per heavy atom. The van der Waals surface area contributed by atoms with Crippen LogP contribution in [0.15, 0.2) is 43.0 Å². The normalized spacial score (nSPS) is 25.8. The monoisotopic (exact) mass is 462 g/mol. The van der Waals surface area contributed by atoms with Gasteiger partial charge >= 0.3 is 0 Å². The zero-order valence-electron chi connectivity index (χ0n) is 18.9. The fourth-order valence-electron chi connectivity index (χ4n) is 5.33. The van der Waals surface area contributed by atoms with E-state index in [2.05, 4.69) is 30.2 Å². The highest BCUT2D eigenvalue weighted by atomic mass is 19.1. The van der Waals surface area contributed by atoms with Crippen molar-refractivity contribution in [3.8, 4) is 34.1 Å². The van der Waals surface area contributed by atoms with Crippen LogP contribution in [-0.4, -0.2) is 62.5 Å². The number of hydrogen-bond acceptors (Lipinski definition) is 8. The number of nitrogens with one attached hydrogen (secondary N) is 1. The van der Waals surface area contributed by atoms with E-state index in [0.29, 0.717) is 40.7 Å². The number of hydrogen-bond donors (Lipinski definition) is 2. The van der Waals surface area contributed by atoms with Crippen LogP contribution in [0.2, 0.25) is 0 Å². The second-order valence-electron chi connectivity index (χ2n) is 9.37. The maximum absolute atomic E-state index is 15.3. The summed E-state index contributed by atoms with van der Waals surface area (Å²) in [6.45, 7) is 0. The zero-order chi connectivity index (χ0) is 23.2. The minimum Gasteiger partial charge on any atom is -0.507 e. The number of rotatable bonds is 6. The number of phenolic OH excluding ortho intramolecular Hbond substituents is 1. The quantitative estimate of drug-likeness (QED) is 0.575. The van der Waals surface area contributed by atoms with E-state index >= 15 is 4.39 Å². The second-order valence-corrected chi connectivity index (χ2v) is 9.37. The molecule has 3 fully saturated rings. The van der Waals surface area contributed by atoms with Crippen LogP contribution >= 0.6 is 0 Å². The number of halogens is 1. The first-order valence-corrected chi connectivity index (χ1v) is 11.8. The smallest absolute Gasteiger partial charge is 0.216 e. The second kappa shape index (κ2) is 8.47. The lowest BCUT2D eigenvalue weighted by Crippen LogP contribution is -2.57. The van der Waals surface area contributed by atoms with E-state index in [9.17, 15) is 5.11 Å². The summed E-state index contributed by atoms with van der Waals surface area (Å²) < 4.78 is 20.4. The third-order valence-corrected chi connectivity index (χ3v) is 7.17. The summed E-state index contributed by atoms with van der Waals surface area (Å²) in [7, 11) is 1.54. The predicted molar refractivity (Wildman–Crippen MR) is 125 cm³/mol. The Labute approximate surface area is 197 Å². The fraction of sp³-hybridized carbons (Fsp3) is 0.440. The van der Waals surface area contributed by atoms with E-state index < -0.39 is 6.17 Å². The Balaban J connectivity index is 1.26. The summed E-state index contributed by atoms with van der Waals surface area (Å²) in [4.78, 5) is 19.7. The van der Waals surface area contributed by atoms with Crippen LogP contribution in [0.25, 0.3) is 22.5 Å². The van der Waals surface area contributed by atoms with Gasteiger partial charge in [0.05, 0.1) is 36.9 Å². The topological polar surface area (TPSA) is 96.3 Å². The van der Waals surface area contributed by atoms with E-state index in [1.54, 1.807) is 37.7 Å². The van der Waals surface area contributed by atoms with Crippen LogP contribution < -0.4 is 15.0 Å². The average Bonchev–Trinajstić information content (AvgIpc) is 3.62. The van der Waals surface area contributed by atoms with Crippen molar-refractivity contribution in [2.24, 2.45) is 0 Å². The number of phenols is 1. The molecule has 3 aromatic rings. The number of anilines is 1. The summed E-state index contributed by atoms with van der Waals surface area (Å²) in [5, 5.41) is 14.1. The molecule has 0 spiro atoms. The van der Waals surface area contributed by atoms with E-state index in [1.165, 1.54) is 6.33 Å². The Hall–Kier alpha value is -3.33. The standard InChI is InChI=1S/C25H27FN6O2/c1-34-24-10-19(29-13-30-24)14-2-6-17(22(33)8-14)20-11-28-23(12-27-20)32(16-4-5-16)21-9-15-3-7-18(31-15)25(21)26/h2,6,8,10-13,15-16,18,21,25,31,33H,3-5,7,9H2,1H3/t15?,18?,21-,25+/m1/s1. The van der Waals surface area contributed by atoms with Gasteiger partial charge in [-0.3, -0.25) is 4.98 Å². The molecule has 2 unspecified atom stereocenters. The van der Waals surface area contributed by atoms with Gasteiger partial charge < -0.3 is 20.1 Å². The lowest BCUT2D eigenvalue weighted by molar-refractivity contribution is 0.171. The number of benzene rings is 1. The molecule has 2 aliphatic heterocycles.